The number of amides is 1. The van der Waals surface area contributed by atoms with Crippen molar-refractivity contribution >= 4 is 5.91 Å². The number of piperazine rings is 1. The molecule has 1 heterocycles. The highest BCUT2D eigenvalue weighted by Crippen LogP contribution is 2.11. The maximum Gasteiger partial charge on any atom is 0.236 e. The first-order valence-electron chi connectivity index (χ1n) is 7.36. The van der Waals surface area contributed by atoms with Crippen molar-refractivity contribution < 1.29 is 9.90 Å². The fourth-order valence-electron chi connectivity index (χ4n) is 2.69. The fraction of sp³-hybridized carbons (Fsp3) is 0.562. The van der Waals surface area contributed by atoms with Crippen molar-refractivity contribution in [2.45, 2.75) is 19.8 Å². The van der Waals surface area contributed by atoms with Gasteiger partial charge >= 0.3 is 0 Å². The zero-order valence-corrected chi connectivity index (χ0v) is 12.2. The molecule has 1 fully saturated rings. The van der Waals surface area contributed by atoms with Crippen LogP contribution in [0.4, 0.5) is 0 Å². The van der Waals surface area contributed by atoms with Crippen LogP contribution in [0.2, 0.25) is 0 Å². The molecule has 1 aliphatic rings. The fourth-order valence-corrected chi connectivity index (χ4v) is 2.69. The lowest BCUT2D eigenvalue weighted by atomic mass is 10.0. The zero-order valence-electron chi connectivity index (χ0n) is 12.2. The molecule has 1 aromatic carbocycles. The Bertz CT molecular complexity index is 448. The van der Waals surface area contributed by atoms with Crippen LogP contribution in [-0.2, 0) is 11.2 Å². The third-order valence-corrected chi connectivity index (χ3v) is 3.95. The number of benzene rings is 1. The molecule has 1 amide bonds. The van der Waals surface area contributed by atoms with Crippen LogP contribution in [0, 0.1) is 6.92 Å². The number of β-amino-alcohol motifs (C(OH)–C–C–N with tert-alkyl or cyclic N) is 1. The third kappa shape index (κ3) is 4.05. The van der Waals surface area contributed by atoms with Gasteiger partial charge in [0, 0.05) is 19.6 Å². The van der Waals surface area contributed by atoms with Crippen molar-refractivity contribution in [3.05, 3.63) is 35.4 Å². The topological polar surface area (TPSA) is 43.8 Å². The number of carbonyl (C=O) groups is 1. The van der Waals surface area contributed by atoms with E-state index in [4.69, 9.17) is 5.11 Å². The van der Waals surface area contributed by atoms with E-state index >= 15 is 0 Å². The van der Waals surface area contributed by atoms with E-state index in [0.29, 0.717) is 13.1 Å². The highest BCUT2D eigenvalue weighted by atomic mass is 16.3. The molecule has 2 rings (SSSR count). The Hall–Kier alpha value is -1.39. The van der Waals surface area contributed by atoms with Gasteiger partial charge in [-0.05, 0) is 37.4 Å². The van der Waals surface area contributed by atoms with Crippen LogP contribution in [0.3, 0.4) is 0 Å². The number of aliphatic hydroxyl groups is 1. The number of aliphatic hydroxyl groups excluding tert-OH is 1. The summed E-state index contributed by atoms with van der Waals surface area (Å²) in [6.45, 7) is 5.78. The standard InChI is InChI=1S/C16H24N2O2/c1-14-5-2-3-6-15(14)7-4-8-17-9-10-18(11-12-19)16(20)13-17/h2-3,5-6,19H,4,7-13H2,1H3. The summed E-state index contributed by atoms with van der Waals surface area (Å²) in [6, 6.07) is 8.48. The Balaban J connectivity index is 1.73. The molecule has 0 aromatic heterocycles. The van der Waals surface area contributed by atoms with E-state index in [1.54, 1.807) is 4.90 Å². The van der Waals surface area contributed by atoms with Gasteiger partial charge in [0.25, 0.3) is 0 Å². The molecular formula is C16H24N2O2. The molecule has 0 bridgehead atoms. The number of hydrogen-bond donors (Lipinski definition) is 1. The van der Waals surface area contributed by atoms with E-state index in [1.165, 1.54) is 11.1 Å². The maximum atomic E-state index is 11.9. The molecular weight excluding hydrogens is 252 g/mol. The Morgan fingerprint density at radius 2 is 2.00 bits per heavy atom. The Morgan fingerprint density at radius 3 is 2.70 bits per heavy atom. The van der Waals surface area contributed by atoms with Crippen molar-refractivity contribution in [1.82, 2.24) is 9.80 Å². The monoisotopic (exact) mass is 276 g/mol. The summed E-state index contributed by atoms with van der Waals surface area (Å²) < 4.78 is 0. The number of carbonyl (C=O) groups excluding carboxylic acids is 1. The van der Waals surface area contributed by atoms with Gasteiger partial charge in [-0.3, -0.25) is 9.69 Å². The molecule has 0 atom stereocenters. The summed E-state index contributed by atoms with van der Waals surface area (Å²) in [7, 11) is 0. The van der Waals surface area contributed by atoms with Crippen molar-refractivity contribution in [3.8, 4) is 0 Å². The van der Waals surface area contributed by atoms with Crippen LogP contribution < -0.4 is 0 Å². The van der Waals surface area contributed by atoms with Crippen LogP contribution >= 0.6 is 0 Å². The van der Waals surface area contributed by atoms with Gasteiger partial charge in [0.1, 0.15) is 0 Å². The molecule has 0 radical (unpaired) electrons. The van der Waals surface area contributed by atoms with Gasteiger partial charge in [-0.1, -0.05) is 24.3 Å². The molecule has 4 nitrogen and oxygen atoms in total. The average molecular weight is 276 g/mol. The SMILES string of the molecule is Cc1ccccc1CCCN1CCN(CCO)C(=O)C1. The minimum absolute atomic E-state index is 0.0546. The second kappa shape index (κ2) is 7.41. The van der Waals surface area contributed by atoms with Crippen LogP contribution in [0.25, 0.3) is 0 Å². The molecule has 0 saturated carbocycles. The zero-order chi connectivity index (χ0) is 14.4. The lowest BCUT2D eigenvalue weighted by Gasteiger charge is -2.34. The highest BCUT2D eigenvalue weighted by molar-refractivity contribution is 5.79. The largest absolute Gasteiger partial charge is 0.395 e. The van der Waals surface area contributed by atoms with Crippen molar-refractivity contribution in [3.63, 3.8) is 0 Å². The number of hydrogen-bond acceptors (Lipinski definition) is 3. The molecule has 0 aliphatic carbocycles. The molecule has 0 unspecified atom stereocenters. The summed E-state index contributed by atoms with van der Waals surface area (Å²) in [5.74, 6) is 0.140. The van der Waals surface area contributed by atoms with Crippen LogP contribution in [-0.4, -0.2) is 60.1 Å². The number of rotatable bonds is 6. The van der Waals surface area contributed by atoms with Crippen molar-refractivity contribution in [2.75, 3.05) is 39.3 Å². The van der Waals surface area contributed by atoms with E-state index in [9.17, 15) is 4.79 Å². The van der Waals surface area contributed by atoms with Gasteiger partial charge in [0.05, 0.1) is 13.2 Å². The van der Waals surface area contributed by atoms with Crippen molar-refractivity contribution in [2.24, 2.45) is 0 Å². The summed E-state index contributed by atoms with van der Waals surface area (Å²) >= 11 is 0. The van der Waals surface area contributed by atoms with Gasteiger partial charge < -0.3 is 10.0 Å². The minimum Gasteiger partial charge on any atom is -0.395 e. The van der Waals surface area contributed by atoms with Gasteiger partial charge in [-0.2, -0.15) is 0 Å². The first-order valence-corrected chi connectivity index (χ1v) is 7.36. The predicted molar refractivity (Wildman–Crippen MR) is 79.6 cm³/mol. The second-order valence-corrected chi connectivity index (χ2v) is 5.41. The summed E-state index contributed by atoms with van der Waals surface area (Å²) in [6.07, 6.45) is 2.15. The highest BCUT2D eigenvalue weighted by Gasteiger charge is 2.22. The Labute approximate surface area is 121 Å². The van der Waals surface area contributed by atoms with Crippen LogP contribution in [0.15, 0.2) is 24.3 Å². The average Bonchev–Trinajstić information content (AvgIpc) is 2.44. The van der Waals surface area contributed by atoms with Gasteiger partial charge in [0.2, 0.25) is 5.91 Å². The molecule has 1 aromatic rings. The van der Waals surface area contributed by atoms with E-state index in [0.717, 1.165) is 32.5 Å². The first kappa shape index (κ1) is 15.0. The number of nitrogens with zero attached hydrogens (tertiary/aromatic N) is 2. The molecule has 1 saturated heterocycles. The second-order valence-electron chi connectivity index (χ2n) is 5.41. The molecule has 110 valence electrons. The quantitative estimate of drug-likeness (QED) is 0.845. The van der Waals surface area contributed by atoms with E-state index in [-0.39, 0.29) is 12.5 Å². The smallest absolute Gasteiger partial charge is 0.236 e. The molecule has 1 aliphatic heterocycles. The predicted octanol–water partition coefficient (Wildman–Crippen LogP) is 1.06. The molecule has 4 heteroatoms. The van der Waals surface area contributed by atoms with E-state index < -0.39 is 0 Å². The van der Waals surface area contributed by atoms with Crippen LogP contribution in [0.1, 0.15) is 17.5 Å². The van der Waals surface area contributed by atoms with E-state index in [1.807, 2.05) is 0 Å². The molecule has 20 heavy (non-hydrogen) atoms. The lowest BCUT2D eigenvalue weighted by Crippen LogP contribution is -2.51. The van der Waals surface area contributed by atoms with Crippen molar-refractivity contribution in [1.29, 1.82) is 0 Å². The Morgan fingerprint density at radius 1 is 1.20 bits per heavy atom. The lowest BCUT2D eigenvalue weighted by molar-refractivity contribution is -0.136. The van der Waals surface area contributed by atoms with Crippen LogP contribution in [0.5, 0.6) is 0 Å². The molecule has 1 N–H and O–H groups in total. The first-order chi connectivity index (χ1) is 9.70. The summed E-state index contributed by atoms with van der Waals surface area (Å²) in [4.78, 5) is 15.8. The third-order valence-electron chi connectivity index (χ3n) is 3.95. The van der Waals surface area contributed by atoms with Gasteiger partial charge in [0.15, 0.2) is 0 Å². The Kier molecular flexibility index (Phi) is 5.56. The normalized spacial score (nSPS) is 16.7. The molecule has 0 spiro atoms. The van der Waals surface area contributed by atoms with Gasteiger partial charge in [-0.25, -0.2) is 0 Å². The minimum atomic E-state index is 0.0546. The number of aryl methyl sites for hydroxylation is 2. The van der Waals surface area contributed by atoms with Gasteiger partial charge in [-0.15, -0.1) is 0 Å². The van der Waals surface area contributed by atoms with E-state index in [2.05, 4.69) is 36.1 Å². The maximum absolute atomic E-state index is 11.9. The summed E-state index contributed by atoms with van der Waals surface area (Å²) in [5, 5.41) is 8.89. The summed E-state index contributed by atoms with van der Waals surface area (Å²) in [5.41, 5.74) is 2.74.